The van der Waals surface area contributed by atoms with Gasteiger partial charge >= 0.3 is 6.18 Å². The summed E-state index contributed by atoms with van der Waals surface area (Å²) in [5, 5.41) is 3.98. The molecular weight excluding hydrogens is 547 g/mol. The quantitative estimate of drug-likeness (QED) is 0.461. The molecule has 3 N–H and O–H groups in total. The molecular formula is C19H19ClF3N7O4S2. The molecule has 0 bridgehead atoms. The van der Waals surface area contributed by atoms with E-state index in [1.54, 1.807) is 18.9 Å². The van der Waals surface area contributed by atoms with E-state index in [0.717, 1.165) is 30.5 Å². The van der Waals surface area contributed by atoms with E-state index in [9.17, 15) is 31.2 Å². The lowest BCUT2D eigenvalue weighted by Crippen LogP contribution is -2.44. The van der Waals surface area contributed by atoms with Crippen molar-refractivity contribution in [3.63, 3.8) is 0 Å². The maximum absolute atomic E-state index is 13.1. The molecule has 2 amide bonds. The number of carbonyl (C=O) groups is 2. The first kappa shape index (κ1) is 27.5. The van der Waals surface area contributed by atoms with Crippen molar-refractivity contribution >= 4 is 56.8 Å². The lowest BCUT2D eigenvalue weighted by atomic mass is 10.2. The molecule has 2 aromatic rings. The van der Waals surface area contributed by atoms with Gasteiger partial charge in [-0.25, -0.2) is 23.4 Å². The third-order valence-corrected chi connectivity index (χ3v) is 6.98. The fourth-order valence-electron chi connectivity index (χ4n) is 3.05. The summed E-state index contributed by atoms with van der Waals surface area (Å²) >= 11 is 6.63. The van der Waals surface area contributed by atoms with Gasteiger partial charge in [0.15, 0.2) is 0 Å². The summed E-state index contributed by atoms with van der Waals surface area (Å²) in [5.74, 6) is -1.71. The molecule has 0 aliphatic carbocycles. The van der Waals surface area contributed by atoms with E-state index in [1.807, 2.05) is 0 Å². The number of thioether (sulfide) groups is 1. The number of anilines is 2. The zero-order chi connectivity index (χ0) is 26.8. The van der Waals surface area contributed by atoms with Crippen LogP contribution in [-0.4, -0.2) is 64.8 Å². The van der Waals surface area contributed by atoms with Crippen LogP contribution in [0.3, 0.4) is 0 Å². The van der Waals surface area contributed by atoms with Crippen LogP contribution in [0.5, 0.6) is 0 Å². The second-order valence-corrected chi connectivity index (χ2v) is 10.9. The van der Waals surface area contributed by atoms with Gasteiger partial charge in [0.2, 0.25) is 10.0 Å². The predicted molar refractivity (Wildman–Crippen MR) is 128 cm³/mol. The van der Waals surface area contributed by atoms with Crippen LogP contribution in [-0.2, 0) is 21.0 Å². The number of carbonyl (C=O) groups excluding carboxylic acids is 2. The monoisotopic (exact) mass is 565 g/mol. The number of amides is 2. The molecule has 2 aromatic heterocycles. The highest BCUT2D eigenvalue weighted by molar-refractivity contribution is 8.04. The van der Waals surface area contributed by atoms with E-state index >= 15 is 0 Å². The average Bonchev–Trinajstić information content (AvgIpc) is 3.15. The van der Waals surface area contributed by atoms with Crippen LogP contribution in [0.4, 0.5) is 24.8 Å². The second kappa shape index (κ2) is 10.5. The Morgan fingerprint density at radius 2 is 1.86 bits per heavy atom. The zero-order valence-corrected chi connectivity index (χ0v) is 21.2. The average molecular weight is 566 g/mol. The molecule has 0 aromatic carbocycles. The molecule has 11 nitrogen and oxygen atoms in total. The number of alkyl halides is 3. The Hall–Kier alpha value is -3.11. The summed E-state index contributed by atoms with van der Waals surface area (Å²) < 4.78 is 64.1. The van der Waals surface area contributed by atoms with Gasteiger partial charge < -0.3 is 15.5 Å². The highest BCUT2D eigenvalue weighted by Gasteiger charge is 2.35. The van der Waals surface area contributed by atoms with Gasteiger partial charge in [0, 0.05) is 25.5 Å². The van der Waals surface area contributed by atoms with Crippen molar-refractivity contribution in [2.45, 2.75) is 24.5 Å². The van der Waals surface area contributed by atoms with Gasteiger partial charge in [-0.3, -0.25) is 14.3 Å². The maximum Gasteiger partial charge on any atom is 0.418 e. The third kappa shape index (κ3) is 6.98. The van der Waals surface area contributed by atoms with Crippen LogP contribution < -0.4 is 15.4 Å². The van der Waals surface area contributed by atoms with E-state index in [2.05, 4.69) is 30.3 Å². The standard InChI is InChI=1S/C19H19ClF3N7O4S2/c1-9(27-16(31)12-5-15(26-8-25-12)29-36(3,33)34)18-30(2)7-13(35-18)17(32)28-14-4-10(19(21,22)23)11(20)6-24-14/h4-9,18H,1-3H3,(H,27,31)(H,24,28,32)(H,25,26,29). The predicted octanol–water partition coefficient (Wildman–Crippen LogP) is 2.52. The maximum atomic E-state index is 13.1. The molecule has 0 spiro atoms. The number of likely N-dealkylation sites (N-methyl/N-ethyl adjacent to an activating group) is 1. The third-order valence-electron chi connectivity index (χ3n) is 4.57. The van der Waals surface area contributed by atoms with Crippen LogP contribution in [0.15, 0.2) is 35.8 Å². The first-order chi connectivity index (χ1) is 16.6. The van der Waals surface area contributed by atoms with Gasteiger partial charge in [-0.2, -0.15) is 13.2 Å². The molecule has 2 unspecified atom stereocenters. The van der Waals surface area contributed by atoms with Crippen LogP contribution in [0.1, 0.15) is 23.0 Å². The first-order valence-electron chi connectivity index (χ1n) is 9.89. The van der Waals surface area contributed by atoms with Crippen LogP contribution in [0.2, 0.25) is 5.02 Å². The minimum Gasteiger partial charge on any atom is -0.365 e. The first-order valence-corrected chi connectivity index (χ1v) is 13.0. The number of pyridine rings is 1. The molecule has 3 heterocycles. The summed E-state index contributed by atoms with van der Waals surface area (Å²) in [6.45, 7) is 1.67. The summed E-state index contributed by atoms with van der Waals surface area (Å²) in [4.78, 5) is 38.4. The molecule has 2 atom stereocenters. The topological polar surface area (TPSA) is 146 Å². The second-order valence-electron chi connectivity index (χ2n) is 7.59. The molecule has 0 radical (unpaired) electrons. The molecule has 36 heavy (non-hydrogen) atoms. The van der Waals surface area contributed by atoms with Crippen molar-refractivity contribution in [1.82, 2.24) is 25.2 Å². The van der Waals surface area contributed by atoms with E-state index in [1.165, 1.54) is 12.3 Å². The Bertz CT molecular complexity index is 1320. The van der Waals surface area contributed by atoms with Crippen molar-refractivity contribution in [3.05, 3.63) is 52.0 Å². The number of hydrogen-bond donors (Lipinski definition) is 3. The fraction of sp³-hybridized carbons (Fsp3) is 0.316. The lowest BCUT2D eigenvalue weighted by molar-refractivity contribution is -0.137. The Morgan fingerprint density at radius 1 is 1.17 bits per heavy atom. The Labute approximate surface area is 213 Å². The molecule has 0 saturated heterocycles. The van der Waals surface area contributed by atoms with Gasteiger partial charge in [0.1, 0.15) is 23.7 Å². The minimum absolute atomic E-state index is 0.0808. The number of sulfonamides is 1. The Morgan fingerprint density at radius 3 is 2.50 bits per heavy atom. The Balaban J connectivity index is 1.64. The van der Waals surface area contributed by atoms with Gasteiger partial charge in [0.25, 0.3) is 11.8 Å². The highest BCUT2D eigenvalue weighted by Crippen LogP contribution is 2.37. The normalized spacial score (nSPS) is 16.8. The number of nitrogens with zero attached hydrogens (tertiary/aromatic N) is 4. The van der Waals surface area contributed by atoms with Gasteiger partial charge in [-0.15, -0.1) is 0 Å². The summed E-state index contributed by atoms with van der Waals surface area (Å²) in [6, 6.07) is 1.26. The molecule has 1 aliphatic heterocycles. The summed E-state index contributed by atoms with van der Waals surface area (Å²) in [7, 11) is -1.95. The van der Waals surface area contributed by atoms with Crippen molar-refractivity contribution in [2.75, 3.05) is 23.3 Å². The van der Waals surface area contributed by atoms with Crippen molar-refractivity contribution in [3.8, 4) is 0 Å². The van der Waals surface area contributed by atoms with Crippen molar-refractivity contribution in [2.24, 2.45) is 0 Å². The van der Waals surface area contributed by atoms with Crippen LogP contribution in [0, 0.1) is 0 Å². The number of aromatic nitrogens is 3. The molecule has 1 aliphatic rings. The summed E-state index contributed by atoms with van der Waals surface area (Å²) in [5.41, 5.74) is -1.22. The fourth-order valence-corrected chi connectivity index (χ4v) is 4.90. The largest absolute Gasteiger partial charge is 0.418 e. The zero-order valence-electron chi connectivity index (χ0n) is 18.8. The van der Waals surface area contributed by atoms with Gasteiger partial charge in [0.05, 0.1) is 33.2 Å². The molecule has 17 heteroatoms. The van der Waals surface area contributed by atoms with E-state index in [4.69, 9.17) is 11.6 Å². The SMILES string of the molecule is CC(NC(=O)c1cc(NS(C)(=O)=O)ncn1)C1SC(C(=O)Nc2cc(C(F)(F)F)c(Cl)cn2)=CN1C. The number of nitrogens with one attached hydrogen (secondary N) is 3. The number of hydrogen-bond acceptors (Lipinski definition) is 9. The van der Waals surface area contributed by atoms with Crippen LogP contribution >= 0.6 is 23.4 Å². The molecule has 0 fully saturated rings. The lowest BCUT2D eigenvalue weighted by Gasteiger charge is -2.26. The number of rotatable bonds is 7. The minimum atomic E-state index is -4.72. The van der Waals surface area contributed by atoms with Crippen molar-refractivity contribution < 1.29 is 31.2 Å². The van der Waals surface area contributed by atoms with Gasteiger partial charge in [-0.1, -0.05) is 23.4 Å². The Kier molecular flexibility index (Phi) is 8.00. The van der Waals surface area contributed by atoms with Gasteiger partial charge in [-0.05, 0) is 13.0 Å². The van der Waals surface area contributed by atoms with E-state index < -0.39 is 50.0 Å². The molecule has 3 rings (SSSR count). The van der Waals surface area contributed by atoms with Crippen molar-refractivity contribution in [1.29, 1.82) is 0 Å². The smallest absolute Gasteiger partial charge is 0.365 e. The highest BCUT2D eigenvalue weighted by atomic mass is 35.5. The van der Waals surface area contributed by atoms with Crippen LogP contribution in [0.25, 0.3) is 0 Å². The van der Waals surface area contributed by atoms with E-state index in [0.29, 0.717) is 6.07 Å². The van der Waals surface area contributed by atoms with E-state index in [-0.39, 0.29) is 22.2 Å². The molecule has 0 saturated carbocycles. The number of halogens is 4. The molecule has 194 valence electrons. The summed E-state index contributed by atoms with van der Waals surface area (Å²) in [6.07, 6.45) is -0.476.